The number of anilines is 1. The fraction of sp³-hybridized carbons (Fsp3) is 0.538. The summed E-state index contributed by atoms with van der Waals surface area (Å²) in [5.74, 6) is 0.865. The summed E-state index contributed by atoms with van der Waals surface area (Å²) in [6.45, 7) is 2.91. The largest absolute Gasteiger partial charge is 0.382 e. The van der Waals surface area contributed by atoms with Gasteiger partial charge in [-0.15, -0.1) is 0 Å². The second kappa shape index (κ2) is 5.19. The molecule has 0 aliphatic heterocycles. The first-order valence-corrected chi connectivity index (χ1v) is 6.73. The van der Waals surface area contributed by atoms with Crippen LogP contribution in [0.1, 0.15) is 31.7 Å². The zero-order chi connectivity index (χ0) is 11.5. The van der Waals surface area contributed by atoms with Crippen LogP contribution in [0.2, 0.25) is 0 Å². The van der Waals surface area contributed by atoms with Crippen molar-refractivity contribution in [2.45, 2.75) is 38.8 Å². The molecule has 1 saturated carbocycles. The van der Waals surface area contributed by atoms with Gasteiger partial charge >= 0.3 is 0 Å². The lowest BCUT2D eigenvalue weighted by Gasteiger charge is -2.15. The molecule has 0 saturated heterocycles. The molecule has 0 heterocycles. The molecule has 16 heavy (non-hydrogen) atoms. The lowest BCUT2D eigenvalue weighted by molar-refractivity contribution is 0.602. The first-order valence-electron chi connectivity index (χ1n) is 5.94. The molecule has 0 amide bonds. The molecule has 2 atom stereocenters. The molecule has 0 radical (unpaired) electrons. The van der Waals surface area contributed by atoms with Crippen LogP contribution < -0.4 is 11.1 Å². The van der Waals surface area contributed by atoms with Crippen LogP contribution in [-0.4, -0.2) is 6.04 Å². The third-order valence-corrected chi connectivity index (χ3v) is 4.08. The monoisotopic (exact) mass is 282 g/mol. The van der Waals surface area contributed by atoms with Gasteiger partial charge in [-0.05, 0) is 42.9 Å². The number of nitrogens with one attached hydrogen (secondary N) is 1. The number of halogens is 1. The summed E-state index contributed by atoms with van der Waals surface area (Å²) in [4.78, 5) is 0. The van der Waals surface area contributed by atoms with Crippen LogP contribution >= 0.6 is 15.9 Å². The molecule has 1 aromatic carbocycles. The normalized spacial score (nSPS) is 24.7. The van der Waals surface area contributed by atoms with E-state index in [1.54, 1.807) is 0 Å². The van der Waals surface area contributed by atoms with Crippen LogP contribution in [0.5, 0.6) is 0 Å². The molecular formula is C13H19BrN2. The number of nitrogens with two attached hydrogens (primary N) is 1. The quantitative estimate of drug-likeness (QED) is 0.891. The highest BCUT2D eigenvalue weighted by molar-refractivity contribution is 9.10. The maximum absolute atomic E-state index is 5.63. The van der Waals surface area contributed by atoms with Gasteiger partial charge in [-0.25, -0.2) is 0 Å². The van der Waals surface area contributed by atoms with Crippen molar-refractivity contribution in [2.75, 3.05) is 5.32 Å². The van der Waals surface area contributed by atoms with Gasteiger partial charge in [0, 0.05) is 22.7 Å². The molecule has 0 spiro atoms. The van der Waals surface area contributed by atoms with Gasteiger partial charge in [0.05, 0.1) is 0 Å². The van der Waals surface area contributed by atoms with Crippen LogP contribution in [0.25, 0.3) is 0 Å². The molecule has 1 aromatic rings. The summed E-state index contributed by atoms with van der Waals surface area (Å²) in [5, 5.41) is 3.59. The number of benzene rings is 1. The second-order valence-electron chi connectivity index (χ2n) is 4.77. The van der Waals surface area contributed by atoms with Crippen molar-refractivity contribution in [1.82, 2.24) is 0 Å². The van der Waals surface area contributed by atoms with E-state index >= 15 is 0 Å². The fourth-order valence-electron chi connectivity index (χ4n) is 2.38. The second-order valence-corrected chi connectivity index (χ2v) is 5.62. The van der Waals surface area contributed by atoms with Crippen molar-refractivity contribution in [3.8, 4) is 0 Å². The van der Waals surface area contributed by atoms with Crippen LogP contribution in [0.4, 0.5) is 5.69 Å². The maximum atomic E-state index is 5.63. The zero-order valence-corrected chi connectivity index (χ0v) is 11.3. The summed E-state index contributed by atoms with van der Waals surface area (Å²) in [7, 11) is 0. The van der Waals surface area contributed by atoms with Crippen LogP contribution in [0.3, 0.4) is 0 Å². The van der Waals surface area contributed by atoms with Crippen molar-refractivity contribution >= 4 is 21.6 Å². The highest BCUT2D eigenvalue weighted by Gasteiger charge is 2.20. The molecule has 88 valence electrons. The van der Waals surface area contributed by atoms with Crippen molar-refractivity contribution in [1.29, 1.82) is 0 Å². The van der Waals surface area contributed by atoms with Gasteiger partial charge in [-0.2, -0.15) is 0 Å². The predicted octanol–water partition coefficient (Wildman–Crippen LogP) is 3.51. The molecular weight excluding hydrogens is 264 g/mol. The van der Waals surface area contributed by atoms with E-state index in [4.69, 9.17) is 5.73 Å². The Hall–Kier alpha value is -0.540. The average molecular weight is 283 g/mol. The minimum atomic E-state index is 0.585. The lowest BCUT2D eigenvalue weighted by atomic mass is 10.1. The summed E-state index contributed by atoms with van der Waals surface area (Å²) < 4.78 is 1.10. The SMILES string of the molecule is CC1CCC(Nc2ccc(CN)c(Br)c2)C1. The zero-order valence-electron chi connectivity index (χ0n) is 9.67. The Balaban J connectivity index is 2.02. The summed E-state index contributed by atoms with van der Waals surface area (Å²) in [6, 6.07) is 6.98. The number of hydrogen-bond acceptors (Lipinski definition) is 2. The van der Waals surface area contributed by atoms with Gasteiger partial charge in [-0.1, -0.05) is 28.9 Å². The molecule has 0 bridgehead atoms. The molecule has 2 nitrogen and oxygen atoms in total. The van der Waals surface area contributed by atoms with Gasteiger partial charge < -0.3 is 11.1 Å². The highest BCUT2D eigenvalue weighted by atomic mass is 79.9. The molecule has 2 unspecified atom stereocenters. The van der Waals surface area contributed by atoms with E-state index in [9.17, 15) is 0 Å². The van der Waals surface area contributed by atoms with Crippen molar-refractivity contribution in [3.63, 3.8) is 0 Å². The van der Waals surface area contributed by atoms with E-state index in [-0.39, 0.29) is 0 Å². The van der Waals surface area contributed by atoms with Gasteiger partial charge in [-0.3, -0.25) is 0 Å². The summed E-state index contributed by atoms with van der Waals surface area (Å²) >= 11 is 3.55. The van der Waals surface area contributed by atoms with E-state index in [1.165, 1.54) is 24.9 Å². The van der Waals surface area contributed by atoms with E-state index in [0.717, 1.165) is 16.0 Å². The highest BCUT2D eigenvalue weighted by Crippen LogP contribution is 2.29. The van der Waals surface area contributed by atoms with Crippen molar-refractivity contribution < 1.29 is 0 Å². The van der Waals surface area contributed by atoms with E-state index < -0.39 is 0 Å². The Morgan fingerprint density at radius 2 is 2.25 bits per heavy atom. The van der Waals surface area contributed by atoms with Gasteiger partial charge in [0.25, 0.3) is 0 Å². The Morgan fingerprint density at radius 1 is 1.44 bits per heavy atom. The van der Waals surface area contributed by atoms with Gasteiger partial charge in [0.15, 0.2) is 0 Å². The minimum Gasteiger partial charge on any atom is -0.382 e. The van der Waals surface area contributed by atoms with Crippen LogP contribution in [-0.2, 0) is 6.54 Å². The third-order valence-electron chi connectivity index (χ3n) is 3.34. The Morgan fingerprint density at radius 3 is 2.81 bits per heavy atom. The lowest BCUT2D eigenvalue weighted by Crippen LogP contribution is -2.15. The number of hydrogen-bond donors (Lipinski definition) is 2. The molecule has 3 N–H and O–H groups in total. The average Bonchev–Trinajstić information content (AvgIpc) is 2.64. The van der Waals surface area contributed by atoms with Crippen molar-refractivity contribution in [2.24, 2.45) is 11.7 Å². The van der Waals surface area contributed by atoms with Gasteiger partial charge in [0.1, 0.15) is 0 Å². The van der Waals surface area contributed by atoms with E-state index in [1.807, 2.05) is 0 Å². The molecule has 2 rings (SSSR count). The third kappa shape index (κ3) is 2.77. The molecule has 3 heteroatoms. The molecule has 1 aliphatic carbocycles. The Kier molecular flexibility index (Phi) is 3.87. The molecule has 1 fully saturated rings. The van der Waals surface area contributed by atoms with Crippen LogP contribution in [0, 0.1) is 5.92 Å². The van der Waals surface area contributed by atoms with E-state index in [2.05, 4.69) is 46.4 Å². The topological polar surface area (TPSA) is 38.0 Å². The first kappa shape index (κ1) is 11.9. The first-order chi connectivity index (χ1) is 7.69. The Bertz CT molecular complexity index is 365. The van der Waals surface area contributed by atoms with E-state index in [0.29, 0.717) is 12.6 Å². The molecule has 1 aliphatic rings. The summed E-state index contributed by atoms with van der Waals surface area (Å²) in [6.07, 6.45) is 3.92. The smallest absolute Gasteiger partial charge is 0.0353 e. The number of rotatable bonds is 3. The summed E-state index contributed by atoms with van der Waals surface area (Å²) in [5.41, 5.74) is 7.99. The van der Waals surface area contributed by atoms with Crippen LogP contribution in [0.15, 0.2) is 22.7 Å². The standard InChI is InChI=1S/C13H19BrN2/c1-9-2-4-11(6-9)16-12-5-3-10(8-15)13(14)7-12/h3,5,7,9,11,16H,2,4,6,8,15H2,1H3. The fourth-order valence-corrected chi connectivity index (χ4v) is 2.92. The maximum Gasteiger partial charge on any atom is 0.0353 e. The van der Waals surface area contributed by atoms with Gasteiger partial charge in [0.2, 0.25) is 0 Å². The predicted molar refractivity (Wildman–Crippen MR) is 72.5 cm³/mol. The Labute approximate surface area is 106 Å². The minimum absolute atomic E-state index is 0.585. The van der Waals surface area contributed by atoms with Crippen molar-refractivity contribution in [3.05, 3.63) is 28.2 Å². The molecule has 0 aromatic heterocycles.